The number of carbonyl (C=O) groups is 1. The molecule has 0 radical (unpaired) electrons. The molecule has 0 aliphatic carbocycles. The summed E-state index contributed by atoms with van der Waals surface area (Å²) in [7, 11) is 1.43. The minimum atomic E-state index is -0.0987. The van der Waals surface area contributed by atoms with E-state index in [0.717, 1.165) is 32.4 Å². The number of hydrogen-bond acceptors (Lipinski definition) is 3. The third-order valence-corrected chi connectivity index (χ3v) is 1.71. The molecule has 3 nitrogen and oxygen atoms in total. The summed E-state index contributed by atoms with van der Waals surface area (Å²) in [6, 6.07) is 0. The Labute approximate surface area is 86.6 Å². The Morgan fingerprint density at radius 1 is 1.31 bits per heavy atom. The van der Waals surface area contributed by atoms with Crippen molar-refractivity contribution in [2.45, 2.75) is 32.6 Å². The molecule has 0 aromatic rings. The maximum absolute atomic E-state index is 10.7. The number of nitrogens with one attached hydrogen (secondary N) is 1. The maximum atomic E-state index is 10.7. The molecule has 0 spiro atoms. The van der Waals surface area contributed by atoms with Gasteiger partial charge in [0.1, 0.15) is 0 Å². The first-order valence-corrected chi connectivity index (χ1v) is 4.58. The van der Waals surface area contributed by atoms with Crippen LogP contribution in [0.3, 0.4) is 0 Å². The summed E-state index contributed by atoms with van der Waals surface area (Å²) in [5, 5.41) is 3.23. The van der Waals surface area contributed by atoms with Crippen LogP contribution in [0.25, 0.3) is 0 Å². The van der Waals surface area contributed by atoms with Gasteiger partial charge in [0.05, 0.1) is 7.11 Å². The standard InChI is InChI=1S/C9H19NO2.ClH/c1-3-10-8-6-4-5-7-9(11)12-2;/h10H,3-8H2,1-2H3;1H. The van der Waals surface area contributed by atoms with Gasteiger partial charge in [-0.05, 0) is 25.9 Å². The zero-order chi connectivity index (χ0) is 9.23. The van der Waals surface area contributed by atoms with Crippen LogP contribution in [0.5, 0.6) is 0 Å². The summed E-state index contributed by atoms with van der Waals surface area (Å²) in [6.07, 6.45) is 3.74. The summed E-state index contributed by atoms with van der Waals surface area (Å²) < 4.78 is 4.52. The van der Waals surface area contributed by atoms with E-state index in [2.05, 4.69) is 17.0 Å². The molecule has 0 aliphatic rings. The van der Waals surface area contributed by atoms with Gasteiger partial charge in [-0.25, -0.2) is 0 Å². The second-order valence-electron chi connectivity index (χ2n) is 2.74. The molecule has 80 valence electrons. The zero-order valence-corrected chi connectivity index (χ0v) is 9.28. The Balaban J connectivity index is 0. The zero-order valence-electron chi connectivity index (χ0n) is 8.47. The van der Waals surface area contributed by atoms with Crippen LogP contribution in [0.1, 0.15) is 32.6 Å². The van der Waals surface area contributed by atoms with Gasteiger partial charge >= 0.3 is 5.97 Å². The second kappa shape index (κ2) is 11.7. The number of methoxy groups -OCH3 is 1. The van der Waals surface area contributed by atoms with Crippen molar-refractivity contribution in [1.29, 1.82) is 0 Å². The molecule has 0 aliphatic heterocycles. The molecule has 0 saturated carbocycles. The number of halogens is 1. The third-order valence-electron chi connectivity index (χ3n) is 1.71. The van der Waals surface area contributed by atoms with Crippen molar-refractivity contribution in [3.8, 4) is 0 Å². The minimum absolute atomic E-state index is 0. The van der Waals surface area contributed by atoms with E-state index in [0.29, 0.717) is 6.42 Å². The molecular weight excluding hydrogens is 190 g/mol. The van der Waals surface area contributed by atoms with Crippen molar-refractivity contribution in [2.75, 3.05) is 20.2 Å². The van der Waals surface area contributed by atoms with Crippen LogP contribution in [-0.2, 0) is 9.53 Å². The summed E-state index contributed by atoms with van der Waals surface area (Å²) in [5.74, 6) is -0.0987. The lowest BCUT2D eigenvalue weighted by atomic mass is 10.2. The highest BCUT2D eigenvalue weighted by atomic mass is 35.5. The Bertz CT molecular complexity index is 120. The Hall–Kier alpha value is -0.280. The van der Waals surface area contributed by atoms with Gasteiger partial charge in [0, 0.05) is 6.42 Å². The average Bonchev–Trinajstić information content (AvgIpc) is 2.10. The van der Waals surface area contributed by atoms with Gasteiger partial charge < -0.3 is 10.1 Å². The SMILES string of the molecule is CCNCCCCCC(=O)OC.Cl. The Morgan fingerprint density at radius 3 is 2.54 bits per heavy atom. The lowest BCUT2D eigenvalue weighted by Gasteiger charge is -2.00. The van der Waals surface area contributed by atoms with Crippen molar-refractivity contribution in [2.24, 2.45) is 0 Å². The number of hydrogen-bond donors (Lipinski definition) is 1. The molecule has 0 atom stereocenters. The molecule has 4 heteroatoms. The van der Waals surface area contributed by atoms with Crippen LogP contribution in [-0.4, -0.2) is 26.2 Å². The van der Waals surface area contributed by atoms with Crippen LogP contribution in [0.2, 0.25) is 0 Å². The van der Waals surface area contributed by atoms with Gasteiger partial charge in [0.25, 0.3) is 0 Å². The van der Waals surface area contributed by atoms with E-state index in [1.165, 1.54) is 7.11 Å². The van der Waals surface area contributed by atoms with E-state index in [1.54, 1.807) is 0 Å². The van der Waals surface area contributed by atoms with Gasteiger partial charge in [-0.1, -0.05) is 13.3 Å². The normalized spacial score (nSPS) is 9.08. The minimum Gasteiger partial charge on any atom is -0.469 e. The molecule has 0 rings (SSSR count). The van der Waals surface area contributed by atoms with Crippen LogP contribution < -0.4 is 5.32 Å². The smallest absolute Gasteiger partial charge is 0.305 e. The third kappa shape index (κ3) is 11.7. The number of unbranched alkanes of at least 4 members (excludes halogenated alkanes) is 2. The summed E-state index contributed by atoms with van der Waals surface area (Å²) >= 11 is 0. The fraction of sp³-hybridized carbons (Fsp3) is 0.889. The van der Waals surface area contributed by atoms with Gasteiger partial charge in [0.2, 0.25) is 0 Å². The van der Waals surface area contributed by atoms with Crippen LogP contribution >= 0.6 is 12.4 Å². The van der Waals surface area contributed by atoms with E-state index in [1.807, 2.05) is 0 Å². The largest absolute Gasteiger partial charge is 0.469 e. The molecule has 0 unspecified atom stereocenters. The number of rotatable bonds is 7. The topological polar surface area (TPSA) is 38.3 Å². The van der Waals surface area contributed by atoms with E-state index < -0.39 is 0 Å². The first kappa shape index (κ1) is 15.2. The van der Waals surface area contributed by atoms with E-state index in [-0.39, 0.29) is 18.4 Å². The second-order valence-corrected chi connectivity index (χ2v) is 2.74. The van der Waals surface area contributed by atoms with Gasteiger partial charge in [-0.15, -0.1) is 12.4 Å². The molecule has 0 aromatic carbocycles. The lowest BCUT2D eigenvalue weighted by Crippen LogP contribution is -2.13. The average molecular weight is 210 g/mol. The molecule has 1 N–H and O–H groups in total. The number of ether oxygens (including phenoxy) is 1. The van der Waals surface area contributed by atoms with E-state index >= 15 is 0 Å². The number of carbonyl (C=O) groups excluding carboxylic acids is 1. The molecule has 0 fully saturated rings. The van der Waals surface area contributed by atoms with E-state index in [9.17, 15) is 4.79 Å². The van der Waals surface area contributed by atoms with Gasteiger partial charge in [-0.3, -0.25) is 4.79 Å². The first-order valence-electron chi connectivity index (χ1n) is 4.58. The molecule has 0 saturated heterocycles. The van der Waals surface area contributed by atoms with Crippen molar-refractivity contribution >= 4 is 18.4 Å². The molecular formula is C9H20ClNO2. The highest BCUT2D eigenvalue weighted by molar-refractivity contribution is 5.85. The van der Waals surface area contributed by atoms with Crippen molar-refractivity contribution in [1.82, 2.24) is 5.32 Å². The predicted octanol–water partition coefficient (Wildman–Crippen LogP) is 1.75. The van der Waals surface area contributed by atoms with Crippen LogP contribution in [0.4, 0.5) is 0 Å². The highest BCUT2D eigenvalue weighted by Crippen LogP contribution is 1.99. The van der Waals surface area contributed by atoms with Gasteiger partial charge in [-0.2, -0.15) is 0 Å². The summed E-state index contributed by atoms with van der Waals surface area (Å²) in [5.41, 5.74) is 0. The Kier molecular flexibility index (Phi) is 13.7. The lowest BCUT2D eigenvalue weighted by molar-refractivity contribution is -0.140. The summed E-state index contributed by atoms with van der Waals surface area (Å²) in [4.78, 5) is 10.7. The highest BCUT2D eigenvalue weighted by Gasteiger charge is 1.98. The van der Waals surface area contributed by atoms with E-state index in [4.69, 9.17) is 0 Å². The van der Waals surface area contributed by atoms with Crippen molar-refractivity contribution in [3.05, 3.63) is 0 Å². The quantitative estimate of drug-likeness (QED) is 0.513. The monoisotopic (exact) mass is 209 g/mol. The fourth-order valence-electron chi connectivity index (χ4n) is 0.975. The molecule has 13 heavy (non-hydrogen) atoms. The van der Waals surface area contributed by atoms with Crippen LogP contribution in [0, 0.1) is 0 Å². The first-order chi connectivity index (χ1) is 5.81. The maximum Gasteiger partial charge on any atom is 0.305 e. The number of esters is 1. The fourth-order valence-corrected chi connectivity index (χ4v) is 0.975. The van der Waals surface area contributed by atoms with Gasteiger partial charge in [0.15, 0.2) is 0 Å². The Morgan fingerprint density at radius 2 is 2.00 bits per heavy atom. The molecule has 0 amide bonds. The van der Waals surface area contributed by atoms with Crippen LogP contribution in [0.15, 0.2) is 0 Å². The molecule has 0 bridgehead atoms. The molecule has 0 aromatic heterocycles. The summed E-state index contributed by atoms with van der Waals surface area (Å²) in [6.45, 7) is 4.17. The van der Waals surface area contributed by atoms with Crippen molar-refractivity contribution in [3.63, 3.8) is 0 Å². The predicted molar refractivity (Wildman–Crippen MR) is 56.3 cm³/mol. The molecule has 0 heterocycles. The van der Waals surface area contributed by atoms with Crippen molar-refractivity contribution < 1.29 is 9.53 Å².